The van der Waals surface area contributed by atoms with E-state index < -0.39 is 5.97 Å². The third-order valence-corrected chi connectivity index (χ3v) is 3.46. The largest absolute Gasteiger partial charge is 0.478 e. The number of aromatic carboxylic acids is 1. The molecule has 0 saturated heterocycles. The minimum Gasteiger partial charge on any atom is -0.478 e. The monoisotopic (exact) mass is 273 g/mol. The summed E-state index contributed by atoms with van der Waals surface area (Å²) in [4.78, 5) is 13.3. The van der Waals surface area contributed by atoms with E-state index in [0.717, 1.165) is 24.5 Å². The Bertz CT molecular complexity index is 598. The average molecular weight is 273 g/mol. The van der Waals surface area contributed by atoms with Gasteiger partial charge in [0.1, 0.15) is 5.56 Å². The summed E-state index contributed by atoms with van der Waals surface area (Å²) in [5, 5.41) is 13.2. The fourth-order valence-corrected chi connectivity index (χ4v) is 2.27. The van der Waals surface area contributed by atoms with Crippen LogP contribution in [0.2, 0.25) is 0 Å². The van der Waals surface area contributed by atoms with E-state index in [9.17, 15) is 4.79 Å². The number of hydrogen-bond acceptors (Lipinski definition) is 3. The molecule has 0 spiro atoms. The number of nitrogens with zero attached hydrogens (tertiary/aromatic N) is 3. The lowest BCUT2D eigenvalue weighted by Crippen LogP contribution is -2.21. The molecule has 1 aromatic heterocycles. The van der Waals surface area contributed by atoms with Gasteiger partial charge in [-0.05, 0) is 45.0 Å². The van der Waals surface area contributed by atoms with E-state index in [-0.39, 0.29) is 5.56 Å². The molecule has 20 heavy (non-hydrogen) atoms. The summed E-state index contributed by atoms with van der Waals surface area (Å²) in [6.45, 7) is 7.91. The number of anilines is 1. The van der Waals surface area contributed by atoms with Gasteiger partial charge in [0.25, 0.3) is 0 Å². The van der Waals surface area contributed by atoms with Crippen molar-refractivity contribution in [1.82, 2.24) is 9.78 Å². The first kappa shape index (κ1) is 14.1. The van der Waals surface area contributed by atoms with Crippen LogP contribution in [-0.2, 0) is 0 Å². The summed E-state index contributed by atoms with van der Waals surface area (Å²) in [5.41, 5.74) is 2.89. The fourth-order valence-electron chi connectivity index (χ4n) is 2.27. The number of carbonyl (C=O) groups is 1. The topological polar surface area (TPSA) is 58.4 Å². The Kier molecular flexibility index (Phi) is 4.08. The molecule has 0 fully saturated rings. The molecule has 1 aromatic carbocycles. The van der Waals surface area contributed by atoms with Crippen molar-refractivity contribution >= 4 is 11.7 Å². The second-order valence-electron chi connectivity index (χ2n) is 4.55. The molecular formula is C15H19N3O2. The molecule has 0 amide bonds. The fraction of sp³-hybridized carbons (Fsp3) is 0.333. The quantitative estimate of drug-likeness (QED) is 0.910. The van der Waals surface area contributed by atoms with Crippen molar-refractivity contribution in [3.8, 4) is 5.69 Å². The molecule has 1 heterocycles. The normalized spacial score (nSPS) is 10.6. The molecule has 1 N–H and O–H groups in total. The number of aromatic nitrogens is 2. The standard InChI is InChI=1S/C15H19N3O2/c1-4-17(5-2)12-6-8-13(9-7-12)18-11(3)14(10-16-18)15(19)20/h6-10H,4-5H2,1-3H3,(H,19,20). The van der Waals surface area contributed by atoms with Crippen molar-refractivity contribution in [2.45, 2.75) is 20.8 Å². The molecule has 0 atom stereocenters. The van der Waals surface area contributed by atoms with E-state index >= 15 is 0 Å². The van der Waals surface area contributed by atoms with Crippen molar-refractivity contribution in [2.75, 3.05) is 18.0 Å². The molecule has 5 nitrogen and oxygen atoms in total. The van der Waals surface area contributed by atoms with E-state index in [4.69, 9.17) is 5.11 Å². The van der Waals surface area contributed by atoms with Crippen LogP contribution < -0.4 is 4.90 Å². The Morgan fingerprint density at radius 3 is 2.30 bits per heavy atom. The molecule has 0 saturated carbocycles. The zero-order valence-corrected chi connectivity index (χ0v) is 12.0. The molecule has 0 bridgehead atoms. The number of benzene rings is 1. The lowest BCUT2D eigenvalue weighted by Gasteiger charge is -2.21. The zero-order chi connectivity index (χ0) is 14.7. The second-order valence-corrected chi connectivity index (χ2v) is 4.55. The molecule has 0 aliphatic heterocycles. The van der Waals surface area contributed by atoms with E-state index in [1.54, 1.807) is 11.6 Å². The summed E-state index contributed by atoms with van der Waals surface area (Å²) in [5.74, 6) is -0.950. The smallest absolute Gasteiger partial charge is 0.339 e. The van der Waals surface area contributed by atoms with Crippen molar-refractivity contribution in [2.24, 2.45) is 0 Å². The Balaban J connectivity index is 2.33. The minimum atomic E-state index is -0.950. The molecule has 0 unspecified atom stereocenters. The minimum absolute atomic E-state index is 0.234. The van der Waals surface area contributed by atoms with Gasteiger partial charge in [0.05, 0.1) is 17.6 Å². The van der Waals surface area contributed by atoms with Gasteiger partial charge >= 0.3 is 5.97 Å². The van der Waals surface area contributed by atoms with Gasteiger partial charge in [-0.25, -0.2) is 9.48 Å². The van der Waals surface area contributed by atoms with Crippen molar-refractivity contribution in [1.29, 1.82) is 0 Å². The zero-order valence-electron chi connectivity index (χ0n) is 12.0. The van der Waals surface area contributed by atoms with Crippen LogP contribution in [0.1, 0.15) is 29.9 Å². The first-order valence-corrected chi connectivity index (χ1v) is 6.71. The molecule has 106 valence electrons. The highest BCUT2D eigenvalue weighted by Crippen LogP contribution is 2.19. The van der Waals surface area contributed by atoms with Crippen molar-refractivity contribution in [3.05, 3.63) is 41.7 Å². The van der Waals surface area contributed by atoms with Gasteiger partial charge in [-0.2, -0.15) is 5.10 Å². The molecule has 0 aliphatic rings. The first-order chi connectivity index (χ1) is 9.58. The molecule has 0 aliphatic carbocycles. The SMILES string of the molecule is CCN(CC)c1ccc(-n2ncc(C(=O)O)c2C)cc1. The first-order valence-electron chi connectivity index (χ1n) is 6.71. The highest BCUT2D eigenvalue weighted by atomic mass is 16.4. The average Bonchev–Trinajstić information content (AvgIpc) is 2.83. The lowest BCUT2D eigenvalue weighted by atomic mass is 10.2. The van der Waals surface area contributed by atoms with E-state index in [0.29, 0.717) is 5.69 Å². The third-order valence-electron chi connectivity index (χ3n) is 3.46. The highest BCUT2D eigenvalue weighted by molar-refractivity contribution is 5.88. The summed E-state index contributed by atoms with van der Waals surface area (Å²) in [7, 11) is 0. The van der Waals surface area contributed by atoms with Gasteiger partial charge in [-0.15, -0.1) is 0 Å². The van der Waals surface area contributed by atoms with Crippen LogP contribution in [0.4, 0.5) is 5.69 Å². The van der Waals surface area contributed by atoms with Crippen LogP contribution in [0.25, 0.3) is 5.69 Å². The number of rotatable bonds is 5. The molecule has 2 aromatic rings. The van der Waals surface area contributed by atoms with Crippen LogP contribution in [-0.4, -0.2) is 33.9 Å². The summed E-state index contributed by atoms with van der Waals surface area (Å²) < 4.78 is 1.65. The van der Waals surface area contributed by atoms with Gasteiger partial charge in [0, 0.05) is 18.8 Å². The van der Waals surface area contributed by atoms with E-state index in [1.165, 1.54) is 6.20 Å². The number of carboxylic acid groups (broad SMARTS) is 1. The van der Waals surface area contributed by atoms with Crippen LogP contribution in [0.15, 0.2) is 30.5 Å². The number of carboxylic acids is 1. The third kappa shape index (κ3) is 2.52. The molecule has 0 radical (unpaired) electrons. The Labute approximate surface area is 118 Å². The molecule has 5 heteroatoms. The van der Waals surface area contributed by atoms with Crippen molar-refractivity contribution < 1.29 is 9.90 Å². The van der Waals surface area contributed by atoms with Crippen LogP contribution in [0, 0.1) is 6.92 Å². The summed E-state index contributed by atoms with van der Waals surface area (Å²) in [6.07, 6.45) is 1.38. The molecule has 2 rings (SSSR count). The lowest BCUT2D eigenvalue weighted by molar-refractivity contribution is 0.0696. The summed E-state index contributed by atoms with van der Waals surface area (Å²) >= 11 is 0. The Morgan fingerprint density at radius 2 is 1.85 bits per heavy atom. The predicted molar refractivity (Wildman–Crippen MR) is 78.8 cm³/mol. The van der Waals surface area contributed by atoms with Gasteiger partial charge in [-0.1, -0.05) is 0 Å². The highest BCUT2D eigenvalue weighted by Gasteiger charge is 2.13. The Morgan fingerprint density at radius 1 is 1.25 bits per heavy atom. The maximum Gasteiger partial charge on any atom is 0.339 e. The van der Waals surface area contributed by atoms with Crippen LogP contribution in [0.3, 0.4) is 0 Å². The van der Waals surface area contributed by atoms with Crippen LogP contribution in [0.5, 0.6) is 0 Å². The molecular weight excluding hydrogens is 254 g/mol. The Hall–Kier alpha value is -2.30. The van der Waals surface area contributed by atoms with E-state index in [1.807, 2.05) is 24.3 Å². The van der Waals surface area contributed by atoms with Gasteiger partial charge < -0.3 is 10.0 Å². The van der Waals surface area contributed by atoms with Gasteiger partial charge in [0.2, 0.25) is 0 Å². The second kappa shape index (κ2) is 5.77. The van der Waals surface area contributed by atoms with Crippen molar-refractivity contribution in [3.63, 3.8) is 0 Å². The summed E-state index contributed by atoms with van der Waals surface area (Å²) in [6, 6.07) is 7.98. The van der Waals surface area contributed by atoms with Crippen LogP contribution >= 0.6 is 0 Å². The predicted octanol–water partition coefficient (Wildman–Crippen LogP) is 2.73. The van der Waals surface area contributed by atoms with Gasteiger partial charge in [0.15, 0.2) is 0 Å². The maximum atomic E-state index is 11.0. The number of hydrogen-bond donors (Lipinski definition) is 1. The van der Waals surface area contributed by atoms with Gasteiger partial charge in [-0.3, -0.25) is 0 Å². The maximum absolute atomic E-state index is 11.0. The van der Waals surface area contributed by atoms with E-state index in [2.05, 4.69) is 23.8 Å².